The molecule has 0 aromatic rings. The molecule has 0 fully saturated rings. The summed E-state index contributed by atoms with van der Waals surface area (Å²) in [5.74, 6) is 0. The minimum atomic E-state index is 0. The molecule has 0 saturated heterocycles. The van der Waals surface area contributed by atoms with Crippen LogP contribution in [0, 0.1) is 0 Å². The first kappa shape index (κ1) is 16.0. The fourth-order valence-electron chi connectivity index (χ4n) is 0. The van der Waals surface area contributed by atoms with Crippen molar-refractivity contribution in [2.24, 2.45) is 0 Å². The van der Waals surface area contributed by atoms with E-state index in [-0.39, 0.29) is 56.9 Å². The van der Waals surface area contributed by atoms with Gasteiger partial charge in [0.1, 0.15) is 0 Å². The molecule has 0 rings (SSSR count). The number of rotatable bonds is 0. The summed E-state index contributed by atoms with van der Waals surface area (Å²) in [6.07, 6.45) is 0. The van der Waals surface area contributed by atoms with E-state index in [1.165, 1.54) is 0 Å². The molecule has 0 amide bonds. The van der Waals surface area contributed by atoms with Gasteiger partial charge in [-0.25, -0.2) is 0 Å². The van der Waals surface area contributed by atoms with Gasteiger partial charge in [0.05, 0.1) is 0 Å². The van der Waals surface area contributed by atoms with E-state index in [0.29, 0.717) is 0 Å². The van der Waals surface area contributed by atoms with Crippen molar-refractivity contribution in [2.75, 3.05) is 14.1 Å². The predicted molar refractivity (Wildman–Crippen MR) is 16.9 cm³/mol. The Morgan fingerprint density at radius 2 is 1.20 bits per heavy atom. The Balaban J connectivity index is -0.0000000200. The summed E-state index contributed by atoms with van der Waals surface area (Å²) in [5, 5.41) is 2.75. The molecule has 0 unspecified atom stereocenters. The second-order valence-corrected chi connectivity index (χ2v) is 0.500. The molecule has 0 aromatic carbocycles. The van der Waals surface area contributed by atoms with Crippen LogP contribution in [0.1, 0.15) is 0 Å². The van der Waals surface area contributed by atoms with Gasteiger partial charge in [-0.15, -0.1) is 0 Å². The van der Waals surface area contributed by atoms with E-state index in [9.17, 15) is 0 Å². The average Bonchev–Trinajstić information content (AvgIpc) is 0.918. The second-order valence-electron chi connectivity index (χ2n) is 0.500. The van der Waals surface area contributed by atoms with Crippen LogP contribution < -0.4 is 56.7 Å². The molecule has 0 heterocycles. The Labute approximate surface area is 75.1 Å². The summed E-state index contributed by atoms with van der Waals surface area (Å²) < 4.78 is 0. The topological polar surface area (TPSA) is 42.0 Å². The molecule has 0 spiro atoms. The van der Waals surface area contributed by atoms with Crippen LogP contribution in [0.3, 0.4) is 0 Å². The molecule has 0 radical (unpaired) electrons. The standard InChI is InChI=1S/C2H7N.K.H2O/c1-3-2;;/h3H,1-2H3;;1H2/q;+1;/p-1. The maximum atomic E-state index is 2.75. The normalized spacial score (nSPS) is 3.60. The Morgan fingerprint density at radius 3 is 1.20 bits per heavy atom. The van der Waals surface area contributed by atoms with Gasteiger partial charge in [-0.3, -0.25) is 0 Å². The zero-order valence-corrected chi connectivity index (χ0v) is 7.07. The number of nitrogens with one attached hydrogen (secondary N) is 1. The van der Waals surface area contributed by atoms with E-state index >= 15 is 0 Å². The Morgan fingerprint density at radius 1 is 1.20 bits per heavy atom. The molecular weight excluding hydrogens is 93.1 g/mol. The predicted octanol–water partition coefficient (Wildman–Crippen LogP) is -3.34. The van der Waals surface area contributed by atoms with Crippen LogP contribution in [0.2, 0.25) is 0 Å². The van der Waals surface area contributed by atoms with Gasteiger partial charge in [0.2, 0.25) is 0 Å². The molecule has 0 aromatic heterocycles. The van der Waals surface area contributed by atoms with E-state index in [0.717, 1.165) is 0 Å². The van der Waals surface area contributed by atoms with Crippen molar-refractivity contribution >= 4 is 0 Å². The van der Waals surface area contributed by atoms with E-state index in [2.05, 4.69) is 5.32 Å². The summed E-state index contributed by atoms with van der Waals surface area (Å²) in [6, 6.07) is 0. The van der Waals surface area contributed by atoms with E-state index < -0.39 is 0 Å². The second kappa shape index (κ2) is 17.7. The molecule has 0 aliphatic heterocycles. The zero-order valence-electron chi connectivity index (χ0n) is 3.95. The maximum absolute atomic E-state index is 2.75. The SMILES string of the molecule is CNC.[K+].[OH-]. The van der Waals surface area contributed by atoms with Gasteiger partial charge in [-0.05, 0) is 14.1 Å². The maximum Gasteiger partial charge on any atom is 1.00 e. The van der Waals surface area contributed by atoms with Crippen molar-refractivity contribution in [1.82, 2.24) is 5.32 Å². The van der Waals surface area contributed by atoms with Crippen LogP contribution in [0.5, 0.6) is 0 Å². The van der Waals surface area contributed by atoms with Crippen molar-refractivity contribution < 1.29 is 56.9 Å². The summed E-state index contributed by atoms with van der Waals surface area (Å²) in [4.78, 5) is 0. The Kier molecular flexibility index (Phi) is 56.5. The van der Waals surface area contributed by atoms with Gasteiger partial charge in [0.25, 0.3) is 0 Å². The van der Waals surface area contributed by atoms with Crippen LogP contribution in [0.4, 0.5) is 0 Å². The molecule has 0 bridgehead atoms. The summed E-state index contributed by atoms with van der Waals surface area (Å²) >= 11 is 0. The van der Waals surface area contributed by atoms with Gasteiger partial charge >= 0.3 is 51.4 Å². The van der Waals surface area contributed by atoms with Gasteiger partial charge in [-0.1, -0.05) is 0 Å². The van der Waals surface area contributed by atoms with E-state index in [4.69, 9.17) is 0 Å². The molecule has 0 saturated carbocycles. The largest absolute Gasteiger partial charge is 1.00 e. The molecular formula is C2H8KNO. The molecule has 0 aliphatic carbocycles. The third kappa shape index (κ3) is 29.0. The zero-order chi connectivity index (χ0) is 2.71. The van der Waals surface area contributed by atoms with Crippen molar-refractivity contribution in [2.45, 2.75) is 0 Å². The quantitative estimate of drug-likeness (QED) is 0.324. The number of hydrogen-bond acceptors (Lipinski definition) is 2. The van der Waals surface area contributed by atoms with Gasteiger partial charge < -0.3 is 10.8 Å². The molecule has 0 aliphatic rings. The minimum absolute atomic E-state index is 0. The smallest absolute Gasteiger partial charge is 0.870 e. The van der Waals surface area contributed by atoms with Crippen molar-refractivity contribution in [3.05, 3.63) is 0 Å². The van der Waals surface area contributed by atoms with Crippen LogP contribution in [-0.2, 0) is 0 Å². The first-order valence-corrected chi connectivity index (χ1v) is 1.00. The molecule has 0 atom stereocenters. The molecule has 3 heteroatoms. The summed E-state index contributed by atoms with van der Waals surface area (Å²) in [7, 11) is 3.75. The van der Waals surface area contributed by atoms with Crippen molar-refractivity contribution in [3.63, 3.8) is 0 Å². The third-order valence-electron chi connectivity index (χ3n) is 0. The first-order chi connectivity index (χ1) is 1.41. The summed E-state index contributed by atoms with van der Waals surface area (Å²) in [6.45, 7) is 0. The van der Waals surface area contributed by atoms with Crippen LogP contribution in [0.25, 0.3) is 0 Å². The van der Waals surface area contributed by atoms with Gasteiger partial charge in [0.15, 0.2) is 0 Å². The fraction of sp³-hybridized carbons (Fsp3) is 1.00. The minimum Gasteiger partial charge on any atom is -0.870 e. The first-order valence-electron chi connectivity index (χ1n) is 1.00. The van der Waals surface area contributed by atoms with Gasteiger partial charge in [0, 0.05) is 0 Å². The average molecular weight is 101 g/mol. The molecule has 2 nitrogen and oxygen atoms in total. The number of hydrogen-bond donors (Lipinski definition) is 1. The van der Waals surface area contributed by atoms with Crippen molar-refractivity contribution in [1.29, 1.82) is 0 Å². The molecule has 5 heavy (non-hydrogen) atoms. The molecule has 2 N–H and O–H groups in total. The monoisotopic (exact) mass is 101 g/mol. The Hall–Kier alpha value is 1.56. The van der Waals surface area contributed by atoms with Crippen LogP contribution in [-0.4, -0.2) is 19.6 Å². The summed E-state index contributed by atoms with van der Waals surface area (Å²) in [5.41, 5.74) is 0. The van der Waals surface area contributed by atoms with E-state index in [1.807, 2.05) is 14.1 Å². The van der Waals surface area contributed by atoms with Crippen molar-refractivity contribution in [3.8, 4) is 0 Å². The molecule has 28 valence electrons. The fourth-order valence-corrected chi connectivity index (χ4v) is 0. The van der Waals surface area contributed by atoms with E-state index in [1.54, 1.807) is 0 Å². The van der Waals surface area contributed by atoms with Crippen LogP contribution in [0.15, 0.2) is 0 Å². The van der Waals surface area contributed by atoms with Crippen LogP contribution >= 0.6 is 0 Å². The van der Waals surface area contributed by atoms with Gasteiger partial charge in [-0.2, -0.15) is 0 Å². The third-order valence-corrected chi connectivity index (χ3v) is 0. The Bertz CT molecular complexity index is 9.61.